The van der Waals surface area contributed by atoms with E-state index in [2.05, 4.69) is 0 Å². The van der Waals surface area contributed by atoms with Gasteiger partial charge in [0.1, 0.15) is 18.3 Å². The fourth-order valence-corrected chi connectivity index (χ4v) is 1.33. The number of hydrogen-bond donors (Lipinski definition) is 2. The molecule has 0 aliphatic heterocycles. The van der Waals surface area contributed by atoms with E-state index in [4.69, 9.17) is 29.5 Å². The number of hydrogen-bond acceptors (Lipinski definition) is 6. The fraction of sp³-hybridized carbons (Fsp3) is 0.900. The van der Waals surface area contributed by atoms with Crippen LogP contribution in [0.1, 0.15) is 5.48 Å². The molecule has 0 fully saturated rings. The molecule has 0 heterocycles. The number of aliphatic hydroxyl groups excluding tert-OH is 1. The van der Waals surface area contributed by atoms with Crippen LogP contribution in [0.4, 0.5) is 0 Å². The summed E-state index contributed by atoms with van der Waals surface area (Å²) in [6, 6.07) is 0. The molecule has 0 saturated heterocycles. The van der Waals surface area contributed by atoms with E-state index in [1.165, 1.54) is 0 Å². The van der Waals surface area contributed by atoms with Crippen molar-refractivity contribution < 1.29 is 39.4 Å². The van der Waals surface area contributed by atoms with Crippen molar-refractivity contribution in [2.75, 3.05) is 35.0 Å². The molecule has 7 heteroatoms. The van der Waals surface area contributed by atoms with Crippen molar-refractivity contribution >= 4 is 5.97 Å². The number of carbonyl (C=O) groups is 1. The van der Waals surface area contributed by atoms with Gasteiger partial charge >= 0.3 is 5.97 Å². The van der Waals surface area contributed by atoms with Crippen LogP contribution >= 0.6 is 0 Å². The predicted octanol–water partition coefficient (Wildman–Crippen LogP) is -0.877. The Labute approximate surface area is 106 Å². The van der Waals surface area contributed by atoms with Gasteiger partial charge in [-0.25, -0.2) is 4.79 Å². The van der Waals surface area contributed by atoms with E-state index in [-0.39, 0.29) is 0 Å². The van der Waals surface area contributed by atoms with Gasteiger partial charge in [0.15, 0.2) is 6.10 Å². The number of ether oxygens (including phenoxy) is 4. The molecule has 0 amide bonds. The standard InChI is InChI=1S/C10H20O7/c1-14-6(5-11)7(15-2)8(16-3)9(17-4)10(12)13/h6-9,11H,5H2,1-4H3,(H,12,13)/t6-,7-,8+,9-/m1/s1/i1D,2D,3D,4D. The number of methoxy groups -OCH3 is 4. The summed E-state index contributed by atoms with van der Waals surface area (Å²) in [6.45, 7) is -0.603. The topological polar surface area (TPSA) is 94.5 Å². The van der Waals surface area contributed by atoms with Crippen molar-refractivity contribution in [3.63, 3.8) is 0 Å². The van der Waals surface area contributed by atoms with Crippen molar-refractivity contribution in [3.8, 4) is 0 Å². The number of aliphatic carboxylic acids is 1. The number of rotatable bonds is 9. The molecule has 7 nitrogen and oxygen atoms in total. The van der Waals surface area contributed by atoms with E-state index >= 15 is 0 Å². The Morgan fingerprint density at radius 2 is 1.71 bits per heavy atom. The van der Waals surface area contributed by atoms with Crippen LogP contribution in [0.3, 0.4) is 0 Å². The molecule has 0 aromatic heterocycles. The van der Waals surface area contributed by atoms with E-state index < -0.39 is 65.3 Å². The summed E-state index contributed by atoms with van der Waals surface area (Å²) in [7, 11) is -2.38. The van der Waals surface area contributed by atoms with Crippen LogP contribution in [0.25, 0.3) is 0 Å². The van der Waals surface area contributed by atoms with Gasteiger partial charge in [-0.05, 0) is 0 Å². The zero-order valence-electron chi connectivity index (χ0n) is 13.3. The highest BCUT2D eigenvalue weighted by Gasteiger charge is 2.39. The van der Waals surface area contributed by atoms with Crippen molar-refractivity contribution in [2.45, 2.75) is 24.4 Å². The molecule has 0 radical (unpaired) electrons. The highest BCUT2D eigenvalue weighted by atomic mass is 16.6. The lowest BCUT2D eigenvalue weighted by atomic mass is 10.0. The van der Waals surface area contributed by atoms with Gasteiger partial charge < -0.3 is 29.2 Å². The average Bonchev–Trinajstić information content (AvgIpc) is 2.46. The third-order valence-corrected chi connectivity index (χ3v) is 2.19. The summed E-state index contributed by atoms with van der Waals surface area (Å²) in [4.78, 5) is 11.2. The summed E-state index contributed by atoms with van der Waals surface area (Å²) >= 11 is 0. The van der Waals surface area contributed by atoms with Crippen LogP contribution in [0.5, 0.6) is 0 Å². The van der Waals surface area contributed by atoms with Gasteiger partial charge in [-0.2, -0.15) is 0 Å². The summed E-state index contributed by atoms with van der Waals surface area (Å²) in [5.74, 6) is -1.44. The molecular weight excluding hydrogens is 232 g/mol. The van der Waals surface area contributed by atoms with E-state index in [0.717, 1.165) is 0 Å². The van der Waals surface area contributed by atoms with Crippen molar-refractivity contribution in [3.05, 3.63) is 0 Å². The van der Waals surface area contributed by atoms with Crippen LogP contribution in [0.2, 0.25) is 0 Å². The average molecular weight is 256 g/mol. The second kappa shape index (κ2) is 8.37. The van der Waals surface area contributed by atoms with Gasteiger partial charge in [-0.15, -0.1) is 0 Å². The molecule has 2 N–H and O–H groups in total. The maximum absolute atomic E-state index is 11.2. The van der Waals surface area contributed by atoms with Crippen molar-refractivity contribution in [1.82, 2.24) is 0 Å². The van der Waals surface area contributed by atoms with Gasteiger partial charge in [0.25, 0.3) is 0 Å². The van der Waals surface area contributed by atoms with Gasteiger partial charge in [0.2, 0.25) is 0 Å². The van der Waals surface area contributed by atoms with Crippen LogP contribution in [-0.2, 0) is 23.7 Å². The lowest BCUT2D eigenvalue weighted by molar-refractivity contribution is -0.179. The molecule has 0 aliphatic rings. The SMILES string of the molecule is [2H]CO[C@@H]([C@H](OC[2H])[C@@H](OC[2H])C(=O)O)[C@@H](CO)OC[2H]. The van der Waals surface area contributed by atoms with Crippen LogP contribution < -0.4 is 0 Å². The maximum Gasteiger partial charge on any atom is 0.335 e. The molecule has 4 atom stereocenters. The lowest BCUT2D eigenvalue weighted by Gasteiger charge is -2.32. The zero-order chi connectivity index (χ0) is 16.3. The number of aliphatic hydroxyl groups is 1. The monoisotopic (exact) mass is 256 g/mol. The Morgan fingerprint density at radius 1 is 1.12 bits per heavy atom. The number of carboxylic acid groups (broad SMARTS) is 1. The van der Waals surface area contributed by atoms with Crippen LogP contribution in [-0.4, -0.2) is 75.5 Å². The molecule has 0 aromatic rings. The predicted molar refractivity (Wildman–Crippen MR) is 57.9 cm³/mol. The molecule has 0 aromatic carbocycles. The molecule has 0 spiro atoms. The molecule has 0 bridgehead atoms. The molecular formula is C10H20O7. The summed E-state index contributed by atoms with van der Waals surface area (Å²) in [6.07, 6.45) is -5.37. The van der Waals surface area contributed by atoms with Crippen LogP contribution in [0.15, 0.2) is 0 Å². The quantitative estimate of drug-likeness (QED) is 0.553. The van der Waals surface area contributed by atoms with E-state index in [9.17, 15) is 9.90 Å². The largest absolute Gasteiger partial charge is 0.479 e. The van der Waals surface area contributed by atoms with E-state index in [1.54, 1.807) is 0 Å². The second-order valence-corrected chi connectivity index (χ2v) is 3.08. The third kappa shape index (κ3) is 4.21. The van der Waals surface area contributed by atoms with E-state index in [1.807, 2.05) is 0 Å². The molecule has 17 heavy (non-hydrogen) atoms. The van der Waals surface area contributed by atoms with Gasteiger partial charge in [0.05, 0.1) is 12.1 Å². The molecule has 0 aliphatic carbocycles. The summed E-state index contributed by atoms with van der Waals surface area (Å²) < 4.78 is 47.7. The minimum Gasteiger partial charge on any atom is -0.479 e. The Morgan fingerprint density at radius 3 is 2.18 bits per heavy atom. The Hall–Kier alpha value is -0.730. The Balaban J connectivity index is 5.31. The molecule has 102 valence electrons. The normalized spacial score (nSPS) is 21.5. The highest BCUT2D eigenvalue weighted by molar-refractivity contribution is 5.73. The van der Waals surface area contributed by atoms with E-state index in [0.29, 0.717) is 0 Å². The maximum atomic E-state index is 11.2. The van der Waals surface area contributed by atoms with Gasteiger partial charge in [-0.1, -0.05) is 0 Å². The first-order valence-electron chi connectivity index (χ1n) is 7.37. The van der Waals surface area contributed by atoms with Crippen molar-refractivity contribution in [2.24, 2.45) is 0 Å². The smallest absolute Gasteiger partial charge is 0.335 e. The first-order valence-corrected chi connectivity index (χ1v) is 4.54. The molecule has 0 unspecified atom stereocenters. The minimum atomic E-state index is -1.63. The zero-order valence-corrected chi connectivity index (χ0v) is 9.28. The van der Waals surface area contributed by atoms with Crippen LogP contribution in [0, 0.1) is 0 Å². The van der Waals surface area contributed by atoms with Gasteiger partial charge in [-0.3, -0.25) is 0 Å². The highest BCUT2D eigenvalue weighted by Crippen LogP contribution is 2.16. The first-order chi connectivity index (χ1) is 10.1. The Bertz CT molecular complexity index is 284. The Kier molecular flexibility index (Phi) is 5.03. The lowest BCUT2D eigenvalue weighted by Crippen LogP contribution is -2.51. The van der Waals surface area contributed by atoms with Crippen molar-refractivity contribution in [1.29, 1.82) is 0 Å². The third-order valence-electron chi connectivity index (χ3n) is 2.19. The minimum absolute atomic E-state index is 0.520. The summed E-state index contributed by atoms with van der Waals surface area (Å²) in [5.41, 5.74) is 0. The first kappa shape index (κ1) is 10.2. The number of carboxylic acids is 1. The second-order valence-electron chi connectivity index (χ2n) is 3.08. The molecule has 0 rings (SSSR count). The fourth-order valence-electron chi connectivity index (χ4n) is 1.33. The molecule has 0 saturated carbocycles. The van der Waals surface area contributed by atoms with Gasteiger partial charge in [0, 0.05) is 28.3 Å². The summed E-state index contributed by atoms with van der Waals surface area (Å²) in [5, 5.41) is 18.4.